The van der Waals surface area contributed by atoms with Crippen LogP contribution in [0.25, 0.3) is 10.9 Å². The second kappa shape index (κ2) is 13.0. The lowest BCUT2D eigenvalue weighted by molar-refractivity contribution is 0.0170. The van der Waals surface area contributed by atoms with E-state index in [2.05, 4.69) is 69.0 Å². The molecule has 1 aliphatic heterocycles. The van der Waals surface area contributed by atoms with Crippen molar-refractivity contribution in [1.29, 1.82) is 0 Å². The van der Waals surface area contributed by atoms with Crippen molar-refractivity contribution in [2.24, 2.45) is 4.99 Å². The zero-order valence-electron chi connectivity index (χ0n) is 20.3. The molecule has 1 aliphatic rings. The van der Waals surface area contributed by atoms with Gasteiger partial charge in [-0.2, -0.15) is 0 Å². The van der Waals surface area contributed by atoms with E-state index in [9.17, 15) is 0 Å². The summed E-state index contributed by atoms with van der Waals surface area (Å²) in [5, 5.41) is 8.35. The number of aromatic amines is 1. The fourth-order valence-electron chi connectivity index (χ4n) is 4.55. The maximum Gasteiger partial charge on any atom is 0.191 e. The van der Waals surface area contributed by atoms with Gasteiger partial charge in [0.1, 0.15) is 5.75 Å². The minimum Gasteiger partial charge on any atom is -0.497 e. The van der Waals surface area contributed by atoms with Crippen molar-refractivity contribution < 1.29 is 9.47 Å². The molecule has 0 spiro atoms. The monoisotopic (exact) mass is 577 g/mol. The third-order valence-electron chi connectivity index (χ3n) is 6.36. The number of nitrogens with one attached hydrogen (secondary N) is 3. The Bertz CT molecular complexity index is 1060. The molecule has 1 fully saturated rings. The second-order valence-electron chi connectivity index (χ2n) is 8.38. The lowest BCUT2D eigenvalue weighted by Gasteiger charge is -2.35. The molecule has 1 aromatic heterocycles. The third kappa shape index (κ3) is 6.43. The first kappa shape index (κ1) is 26.3. The normalized spacial score (nSPS) is 15.6. The number of fused-ring (bicyclic) bond motifs is 1. The molecule has 7 nitrogen and oxygen atoms in total. The van der Waals surface area contributed by atoms with Crippen LogP contribution >= 0.6 is 24.0 Å². The van der Waals surface area contributed by atoms with Crippen molar-refractivity contribution in [2.75, 3.05) is 53.6 Å². The van der Waals surface area contributed by atoms with Crippen LogP contribution in [0.4, 0.5) is 0 Å². The number of rotatable bonds is 8. The quantitative estimate of drug-likeness (QED) is 0.215. The van der Waals surface area contributed by atoms with Gasteiger partial charge in [-0.15, -0.1) is 24.0 Å². The van der Waals surface area contributed by atoms with Gasteiger partial charge in [0.15, 0.2) is 5.96 Å². The fraction of sp³-hybridized carbons (Fsp3) is 0.423. The van der Waals surface area contributed by atoms with Crippen LogP contribution in [0.2, 0.25) is 0 Å². The molecule has 1 atom stereocenters. The largest absolute Gasteiger partial charge is 0.497 e. The van der Waals surface area contributed by atoms with E-state index >= 15 is 0 Å². The Morgan fingerprint density at radius 3 is 2.62 bits per heavy atom. The Balaban J connectivity index is 0.00000324. The minimum absolute atomic E-state index is 0. The number of halogens is 1. The molecule has 2 aromatic carbocycles. The number of aryl methyl sites for hydroxylation is 1. The summed E-state index contributed by atoms with van der Waals surface area (Å²) >= 11 is 0. The average Bonchev–Trinajstić information content (AvgIpc) is 3.28. The van der Waals surface area contributed by atoms with Crippen molar-refractivity contribution in [2.45, 2.75) is 19.4 Å². The summed E-state index contributed by atoms with van der Waals surface area (Å²) in [6.45, 7) is 7.12. The molecule has 3 N–H and O–H groups in total. The molecule has 4 rings (SSSR count). The smallest absolute Gasteiger partial charge is 0.191 e. The second-order valence-corrected chi connectivity index (χ2v) is 8.38. The van der Waals surface area contributed by atoms with E-state index in [-0.39, 0.29) is 30.0 Å². The lowest BCUT2D eigenvalue weighted by Crippen LogP contribution is -2.46. The summed E-state index contributed by atoms with van der Waals surface area (Å²) < 4.78 is 10.9. The number of methoxy groups -OCH3 is 1. The average molecular weight is 578 g/mol. The molecule has 34 heavy (non-hydrogen) atoms. The molecule has 184 valence electrons. The summed E-state index contributed by atoms with van der Waals surface area (Å²) in [5.74, 6) is 1.69. The van der Waals surface area contributed by atoms with E-state index < -0.39 is 0 Å². The van der Waals surface area contributed by atoms with E-state index in [4.69, 9.17) is 9.47 Å². The number of aliphatic imine (C=N–C) groups is 1. The summed E-state index contributed by atoms with van der Waals surface area (Å²) in [5.41, 5.74) is 5.09. The van der Waals surface area contributed by atoms with E-state index in [0.29, 0.717) is 0 Å². The van der Waals surface area contributed by atoms with Gasteiger partial charge in [-0.25, -0.2) is 0 Å². The predicted octanol–water partition coefficient (Wildman–Crippen LogP) is 3.88. The topological polar surface area (TPSA) is 73.9 Å². The number of hydrogen-bond acceptors (Lipinski definition) is 4. The Morgan fingerprint density at radius 2 is 1.91 bits per heavy atom. The molecule has 0 amide bonds. The van der Waals surface area contributed by atoms with Gasteiger partial charge in [0.05, 0.1) is 26.4 Å². The van der Waals surface area contributed by atoms with Crippen molar-refractivity contribution in [1.82, 2.24) is 20.5 Å². The van der Waals surface area contributed by atoms with Crippen LogP contribution in [-0.2, 0) is 11.2 Å². The van der Waals surface area contributed by atoms with Crippen LogP contribution in [0.5, 0.6) is 5.75 Å². The minimum atomic E-state index is 0. The van der Waals surface area contributed by atoms with Gasteiger partial charge < -0.3 is 25.1 Å². The number of morpholine rings is 1. The zero-order chi connectivity index (χ0) is 23.0. The number of aromatic nitrogens is 1. The third-order valence-corrected chi connectivity index (χ3v) is 6.36. The number of benzene rings is 2. The molecule has 1 unspecified atom stereocenters. The number of H-pyrrole nitrogens is 1. The summed E-state index contributed by atoms with van der Waals surface area (Å²) in [4.78, 5) is 10.3. The Kier molecular flexibility index (Phi) is 10.0. The van der Waals surface area contributed by atoms with Crippen LogP contribution < -0.4 is 15.4 Å². The SMILES string of the molecule is CN=C(NCCc1c[nH]c2cccc(C)c12)NCC(c1ccc(OC)cc1)N1CCOCC1.I. The Morgan fingerprint density at radius 1 is 1.15 bits per heavy atom. The molecule has 0 aliphatic carbocycles. The number of nitrogens with zero attached hydrogens (tertiary/aromatic N) is 2. The zero-order valence-corrected chi connectivity index (χ0v) is 22.6. The first-order valence-electron chi connectivity index (χ1n) is 11.7. The van der Waals surface area contributed by atoms with E-state index in [1.165, 1.54) is 27.6 Å². The molecule has 0 radical (unpaired) electrons. The highest BCUT2D eigenvalue weighted by molar-refractivity contribution is 14.0. The van der Waals surface area contributed by atoms with E-state index in [1.807, 2.05) is 19.2 Å². The number of ether oxygens (including phenoxy) is 2. The maximum absolute atomic E-state index is 5.58. The standard InChI is InChI=1S/C26H35N5O2.HI/c1-19-5-4-6-23-25(19)21(17-29-23)11-12-28-26(27-2)30-18-24(31-13-15-33-16-14-31)20-7-9-22(32-3)10-8-20;/h4-10,17,24,29H,11-16,18H2,1-3H3,(H2,27,28,30);1H. The molecule has 0 saturated carbocycles. The molecule has 1 saturated heterocycles. The van der Waals surface area contributed by atoms with Gasteiger partial charge in [-0.3, -0.25) is 9.89 Å². The van der Waals surface area contributed by atoms with Crippen LogP contribution in [0.1, 0.15) is 22.7 Å². The lowest BCUT2D eigenvalue weighted by atomic mass is 10.0. The van der Waals surface area contributed by atoms with Crippen LogP contribution in [0.3, 0.4) is 0 Å². The first-order chi connectivity index (χ1) is 16.2. The van der Waals surface area contributed by atoms with Gasteiger partial charge in [-0.1, -0.05) is 24.3 Å². The Hall–Kier alpha value is -2.30. The molecular weight excluding hydrogens is 541 g/mol. The van der Waals surface area contributed by atoms with Crippen molar-refractivity contribution in [3.05, 3.63) is 65.4 Å². The highest BCUT2D eigenvalue weighted by atomic mass is 127. The van der Waals surface area contributed by atoms with Crippen molar-refractivity contribution >= 4 is 40.8 Å². The van der Waals surface area contributed by atoms with E-state index in [1.54, 1.807) is 7.11 Å². The molecule has 0 bridgehead atoms. The van der Waals surface area contributed by atoms with Crippen molar-refractivity contribution in [3.63, 3.8) is 0 Å². The molecular formula is C26H36IN5O2. The van der Waals surface area contributed by atoms with Gasteiger partial charge in [0, 0.05) is 50.3 Å². The van der Waals surface area contributed by atoms with Gasteiger partial charge in [0.25, 0.3) is 0 Å². The molecule has 8 heteroatoms. The van der Waals surface area contributed by atoms with Crippen LogP contribution in [0, 0.1) is 6.92 Å². The van der Waals surface area contributed by atoms with Crippen molar-refractivity contribution in [3.8, 4) is 5.75 Å². The highest BCUT2D eigenvalue weighted by Crippen LogP contribution is 2.24. The van der Waals surface area contributed by atoms with Crippen LogP contribution in [0.15, 0.2) is 53.7 Å². The maximum atomic E-state index is 5.58. The summed E-state index contributed by atoms with van der Waals surface area (Å²) in [6.07, 6.45) is 3.05. The highest BCUT2D eigenvalue weighted by Gasteiger charge is 2.23. The predicted molar refractivity (Wildman–Crippen MR) is 150 cm³/mol. The summed E-state index contributed by atoms with van der Waals surface area (Å²) in [6, 6.07) is 15.0. The van der Waals surface area contributed by atoms with Gasteiger partial charge in [-0.05, 0) is 48.2 Å². The van der Waals surface area contributed by atoms with Gasteiger partial charge >= 0.3 is 0 Å². The summed E-state index contributed by atoms with van der Waals surface area (Å²) in [7, 11) is 3.52. The fourth-order valence-corrected chi connectivity index (χ4v) is 4.55. The number of guanidine groups is 1. The molecule has 3 aromatic rings. The number of hydrogen-bond donors (Lipinski definition) is 3. The van der Waals surface area contributed by atoms with Gasteiger partial charge in [0.2, 0.25) is 0 Å². The van der Waals surface area contributed by atoms with E-state index in [0.717, 1.165) is 57.5 Å². The van der Waals surface area contributed by atoms with Crippen LogP contribution in [-0.4, -0.2) is 69.4 Å². The Labute approximate surface area is 219 Å². The molecule has 2 heterocycles. The first-order valence-corrected chi connectivity index (χ1v) is 11.7.